The van der Waals surface area contributed by atoms with Gasteiger partial charge in [-0.3, -0.25) is 14.9 Å². The molecule has 16 heavy (non-hydrogen) atoms. The number of nitrogens with zero attached hydrogens (tertiary/aromatic N) is 1. The molecule has 0 radical (unpaired) electrons. The molecule has 0 aliphatic carbocycles. The van der Waals surface area contributed by atoms with Crippen LogP contribution in [0.25, 0.3) is 0 Å². The Morgan fingerprint density at radius 1 is 1.44 bits per heavy atom. The summed E-state index contributed by atoms with van der Waals surface area (Å²) in [6, 6.07) is 4.53. The molecule has 1 amide bonds. The molecule has 0 atom stereocenters. The summed E-state index contributed by atoms with van der Waals surface area (Å²) < 4.78 is 0. The molecule has 1 N–H and O–H groups in total. The van der Waals surface area contributed by atoms with Crippen molar-refractivity contribution >= 4 is 17.3 Å². The summed E-state index contributed by atoms with van der Waals surface area (Å²) in [6.45, 7) is 3.82. The van der Waals surface area contributed by atoms with E-state index in [0.717, 1.165) is 5.56 Å². The van der Waals surface area contributed by atoms with Gasteiger partial charge in [-0.05, 0) is 11.6 Å². The molecule has 0 saturated heterocycles. The van der Waals surface area contributed by atoms with E-state index < -0.39 is 4.92 Å². The van der Waals surface area contributed by atoms with Crippen LogP contribution in [0.2, 0.25) is 0 Å². The van der Waals surface area contributed by atoms with Gasteiger partial charge in [-0.15, -0.1) is 0 Å². The number of anilines is 1. The van der Waals surface area contributed by atoms with Crippen molar-refractivity contribution in [2.75, 3.05) is 5.32 Å². The van der Waals surface area contributed by atoms with E-state index in [0.29, 0.717) is 12.1 Å². The molecule has 84 valence electrons. The molecule has 2 rings (SSSR count). The van der Waals surface area contributed by atoms with Crippen LogP contribution < -0.4 is 5.32 Å². The van der Waals surface area contributed by atoms with Crippen LogP contribution >= 0.6 is 0 Å². The van der Waals surface area contributed by atoms with Crippen LogP contribution in [-0.4, -0.2) is 10.8 Å². The number of rotatable bonds is 1. The van der Waals surface area contributed by atoms with Crippen LogP contribution in [0, 0.1) is 10.1 Å². The highest BCUT2D eigenvalue weighted by Gasteiger charge is 2.33. The van der Waals surface area contributed by atoms with Crippen LogP contribution in [0.4, 0.5) is 11.4 Å². The van der Waals surface area contributed by atoms with Crippen LogP contribution in [0.5, 0.6) is 0 Å². The number of fused-ring (bicyclic) bond motifs is 1. The molecule has 0 unspecified atom stereocenters. The summed E-state index contributed by atoms with van der Waals surface area (Å²) in [5.74, 6) is -0.0497. The van der Waals surface area contributed by atoms with Crippen LogP contribution in [0.3, 0.4) is 0 Å². The van der Waals surface area contributed by atoms with Crippen LogP contribution in [-0.2, 0) is 10.2 Å². The molecule has 0 aromatic heterocycles. The van der Waals surface area contributed by atoms with Crippen molar-refractivity contribution in [3.05, 3.63) is 33.9 Å². The topological polar surface area (TPSA) is 72.2 Å². The van der Waals surface area contributed by atoms with Gasteiger partial charge in [0.1, 0.15) is 0 Å². The minimum atomic E-state index is -0.424. The summed E-state index contributed by atoms with van der Waals surface area (Å²) >= 11 is 0. The molecule has 5 nitrogen and oxygen atoms in total. The number of hydrogen-bond acceptors (Lipinski definition) is 3. The summed E-state index contributed by atoms with van der Waals surface area (Å²) in [7, 11) is 0. The molecule has 0 saturated carbocycles. The van der Waals surface area contributed by atoms with Gasteiger partial charge in [-0.2, -0.15) is 0 Å². The molecule has 1 aliphatic heterocycles. The van der Waals surface area contributed by atoms with Crippen LogP contribution in [0.15, 0.2) is 18.2 Å². The Morgan fingerprint density at radius 2 is 2.12 bits per heavy atom. The third-order valence-corrected chi connectivity index (χ3v) is 2.82. The second-order valence-electron chi connectivity index (χ2n) is 4.60. The number of hydrogen-bond donors (Lipinski definition) is 1. The lowest BCUT2D eigenvalue weighted by molar-refractivity contribution is -0.384. The number of nitrogens with one attached hydrogen (secondary N) is 1. The Bertz CT molecular complexity index is 480. The predicted octanol–water partition coefficient (Wildman–Crippen LogP) is 2.21. The fraction of sp³-hybridized carbons (Fsp3) is 0.364. The number of nitro groups is 1. The SMILES string of the molecule is CC1(C)CC(=O)Nc2ccc([N+](=O)[O-])cc21. The van der Waals surface area contributed by atoms with Crippen molar-refractivity contribution in [2.45, 2.75) is 25.7 Å². The zero-order chi connectivity index (χ0) is 11.9. The number of non-ortho nitro benzene ring substituents is 1. The maximum atomic E-state index is 11.4. The minimum Gasteiger partial charge on any atom is -0.326 e. The van der Waals surface area contributed by atoms with E-state index in [1.54, 1.807) is 6.07 Å². The monoisotopic (exact) mass is 220 g/mol. The van der Waals surface area contributed by atoms with Crippen molar-refractivity contribution in [3.63, 3.8) is 0 Å². The van der Waals surface area contributed by atoms with E-state index in [1.165, 1.54) is 12.1 Å². The molecule has 1 aromatic rings. The molecule has 0 fully saturated rings. The van der Waals surface area contributed by atoms with Crippen molar-refractivity contribution < 1.29 is 9.72 Å². The lowest BCUT2D eigenvalue weighted by Crippen LogP contribution is -2.32. The first-order valence-corrected chi connectivity index (χ1v) is 4.99. The lowest BCUT2D eigenvalue weighted by Gasteiger charge is -2.31. The zero-order valence-electron chi connectivity index (χ0n) is 9.11. The van der Waals surface area contributed by atoms with Crippen molar-refractivity contribution in [3.8, 4) is 0 Å². The van der Waals surface area contributed by atoms with E-state index in [1.807, 2.05) is 13.8 Å². The van der Waals surface area contributed by atoms with Gasteiger partial charge in [0.2, 0.25) is 5.91 Å². The Balaban J connectivity index is 2.57. The maximum absolute atomic E-state index is 11.4. The van der Waals surface area contributed by atoms with E-state index in [4.69, 9.17) is 0 Å². The summed E-state index contributed by atoms with van der Waals surface area (Å²) in [5.41, 5.74) is 1.19. The quantitative estimate of drug-likeness (QED) is 0.582. The van der Waals surface area contributed by atoms with Gasteiger partial charge in [-0.25, -0.2) is 0 Å². The molecular weight excluding hydrogens is 208 g/mol. The number of benzene rings is 1. The standard InChI is InChI=1S/C11H12N2O3/c1-11(2)6-10(14)12-9-4-3-7(13(15)16)5-8(9)11/h3-5H,6H2,1-2H3,(H,12,14). The summed E-state index contributed by atoms with van der Waals surface area (Å²) in [4.78, 5) is 21.7. The molecule has 1 aromatic carbocycles. The van der Waals surface area contributed by atoms with E-state index in [2.05, 4.69) is 5.32 Å². The van der Waals surface area contributed by atoms with Gasteiger partial charge in [0.25, 0.3) is 5.69 Å². The third-order valence-electron chi connectivity index (χ3n) is 2.82. The van der Waals surface area contributed by atoms with Crippen molar-refractivity contribution in [1.29, 1.82) is 0 Å². The summed E-state index contributed by atoms with van der Waals surface area (Å²) in [5, 5.41) is 13.4. The molecule has 1 aliphatic rings. The largest absolute Gasteiger partial charge is 0.326 e. The fourth-order valence-electron chi connectivity index (χ4n) is 2.01. The van der Waals surface area contributed by atoms with E-state index >= 15 is 0 Å². The minimum absolute atomic E-state index is 0.0497. The average Bonchev–Trinajstić information content (AvgIpc) is 2.15. The Labute approximate surface area is 92.6 Å². The Hall–Kier alpha value is -1.91. The average molecular weight is 220 g/mol. The third kappa shape index (κ3) is 1.64. The Morgan fingerprint density at radius 3 is 2.75 bits per heavy atom. The lowest BCUT2D eigenvalue weighted by atomic mass is 9.78. The normalized spacial score (nSPS) is 17.5. The smallest absolute Gasteiger partial charge is 0.269 e. The number of carbonyl (C=O) groups is 1. The molecule has 1 heterocycles. The van der Waals surface area contributed by atoms with Crippen molar-refractivity contribution in [2.24, 2.45) is 0 Å². The maximum Gasteiger partial charge on any atom is 0.269 e. The predicted molar refractivity (Wildman–Crippen MR) is 59.4 cm³/mol. The highest BCUT2D eigenvalue weighted by Crippen LogP contribution is 2.38. The number of carbonyl (C=O) groups excluding carboxylic acids is 1. The second-order valence-corrected chi connectivity index (χ2v) is 4.60. The van der Waals surface area contributed by atoms with Gasteiger partial charge in [-0.1, -0.05) is 13.8 Å². The van der Waals surface area contributed by atoms with Gasteiger partial charge in [0.05, 0.1) is 4.92 Å². The number of nitro benzene ring substituents is 1. The fourth-order valence-corrected chi connectivity index (χ4v) is 2.01. The molecular formula is C11H12N2O3. The first-order valence-electron chi connectivity index (χ1n) is 4.99. The highest BCUT2D eigenvalue weighted by molar-refractivity contribution is 5.95. The highest BCUT2D eigenvalue weighted by atomic mass is 16.6. The molecule has 0 bridgehead atoms. The zero-order valence-corrected chi connectivity index (χ0v) is 9.11. The Kier molecular flexibility index (Phi) is 2.18. The summed E-state index contributed by atoms with van der Waals surface area (Å²) in [6.07, 6.45) is 0.348. The molecule has 5 heteroatoms. The number of amides is 1. The van der Waals surface area contributed by atoms with Gasteiger partial charge < -0.3 is 5.32 Å². The second kappa shape index (κ2) is 3.30. The van der Waals surface area contributed by atoms with Gasteiger partial charge >= 0.3 is 0 Å². The first kappa shape index (κ1) is 10.6. The van der Waals surface area contributed by atoms with Gasteiger partial charge in [0.15, 0.2) is 0 Å². The van der Waals surface area contributed by atoms with Crippen LogP contribution in [0.1, 0.15) is 25.8 Å². The molecule has 0 spiro atoms. The van der Waals surface area contributed by atoms with Crippen molar-refractivity contribution in [1.82, 2.24) is 0 Å². The first-order chi connectivity index (χ1) is 7.40. The van der Waals surface area contributed by atoms with E-state index in [-0.39, 0.29) is 17.0 Å². The van der Waals surface area contributed by atoms with Gasteiger partial charge in [0, 0.05) is 29.7 Å². The van der Waals surface area contributed by atoms with E-state index in [9.17, 15) is 14.9 Å².